The zero-order valence-electron chi connectivity index (χ0n) is 9.99. The van der Waals surface area contributed by atoms with Crippen molar-refractivity contribution >= 4 is 26.7 Å². The lowest BCUT2D eigenvalue weighted by molar-refractivity contribution is 0.262. The molecule has 90 valence electrons. The first-order chi connectivity index (χ1) is 8.19. The molecule has 0 spiro atoms. The third-order valence-corrected chi connectivity index (χ3v) is 3.57. The molecule has 0 amide bonds. The maximum Gasteiger partial charge on any atom is 0.0433 e. The van der Waals surface area contributed by atoms with Gasteiger partial charge >= 0.3 is 0 Å². The summed E-state index contributed by atoms with van der Waals surface area (Å²) >= 11 is 3.48. The minimum Gasteiger partial charge on any atom is -0.396 e. The van der Waals surface area contributed by atoms with Crippen molar-refractivity contribution in [2.24, 2.45) is 5.92 Å². The Morgan fingerprint density at radius 1 is 1.12 bits per heavy atom. The molecule has 1 nitrogen and oxygen atoms in total. The van der Waals surface area contributed by atoms with Gasteiger partial charge in [-0.3, -0.25) is 0 Å². The molecular formula is C15H17BrO. The van der Waals surface area contributed by atoms with Gasteiger partial charge in [0.1, 0.15) is 0 Å². The van der Waals surface area contributed by atoms with E-state index in [0.29, 0.717) is 5.92 Å². The zero-order valence-corrected chi connectivity index (χ0v) is 11.6. The van der Waals surface area contributed by atoms with Crippen LogP contribution in [0, 0.1) is 5.92 Å². The van der Waals surface area contributed by atoms with Crippen LogP contribution in [0.2, 0.25) is 0 Å². The molecule has 1 atom stereocenters. The molecule has 1 unspecified atom stereocenters. The van der Waals surface area contributed by atoms with Gasteiger partial charge in [-0.25, -0.2) is 0 Å². The number of hydrogen-bond acceptors (Lipinski definition) is 1. The summed E-state index contributed by atoms with van der Waals surface area (Å²) in [7, 11) is 0. The van der Waals surface area contributed by atoms with Crippen molar-refractivity contribution in [1.82, 2.24) is 0 Å². The normalized spacial score (nSPS) is 12.9. The molecule has 0 saturated carbocycles. The largest absolute Gasteiger partial charge is 0.396 e. The van der Waals surface area contributed by atoms with Gasteiger partial charge in [0, 0.05) is 11.1 Å². The van der Waals surface area contributed by atoms with Gasteiger partial charge in [0.05, 0.1) is 0 Å². The number of halogens is 1. The summed E-state index contributed by atoms with van der Waals surface area (Å²) in [6.07, 6.45) is 1.91. The van der Waals surface area contributed by atoms with E-state index in [1.807, 2.05) is 0 Å². The summed E-state index contributed by atoms with van der Waals surface area (Å²) in [5, 5.41) is 11.5. The van der Waals surface area contributed by atoms with Crippen LogP contribution in [-0.2, 0) is 6.42 Å². The summed E-state index contributed by atoms with van der Waals surface area (Å²) < 4.78 is 1.12. The Morgan fingerprint density at radius 2 is 1.82 bits per heavy atom. The van der Waals surface area contributed by atoms with E-state index in [2.05, 4.69) is 59.3 Å². The van der Waals surface area contributed by atoms with E-state index in [9.17, 15) is 0 Å². The molecule has 0 saturated heterocycles. The standard InChI is InChI=1S/C15H17BrO/c1-11(6-7-17)8-12-2-3-14-10-15(16)5-4-13(14)9-12/h2-5,9-11,17H,6-8H2,1H3. The average Bonchev–Trinajstić information content (AvgIpc) is 2.29. The summed E-state index contributed by atoms with van der Waals surface area (Å²) in [5.41, 5.74) is 1.35. The molecule has 0 heterocycles. The van der Waals surface area contributed by atoms with Crippen molar-refractivity contribution in [1.29, 1.82) is 0 Å². The van der Waals surface area contributed by atoms with Crippen LogP contribution in [-0.4, -0.2) is 11.7 Å². The lowest BCUT2D eigenvalue weighted by atomic mass is 9.96. The molecule has 0 bridgehead atoms. The Bertz CT molecular complexity index is 507. The van der Waals surface area contributed by atoms with Crippen molar-refractivity contribution in [2.75, 3.05) is 6.61 Å². The van der Waals surface area contributed by atoms with Crippen LogP contribution in [0.5, 0.6) is 0 Å². The molecule has 0 radical (unpaired) electrons. The minimum absolute atomic E-state index is 0.279. The Morgan fingerprint density at radius 3 is 2.59 bits per heavy atom. The second-order valence-electron chi connectivity index (χ2n) is 4.65. The third kappa shape index (κ3) is 3.30. The quantitative estimate of drug-likeness (QED) is 0.897. The second kappa shape index (κ2) is 5.65. The zero-order chi connectivity index (χ0) is 12.3. The number of benzene rings is 2. The predicted molar refractivity (Wildman–Crippen MR) is 76.2 cm³/mol. The van der Waals surface area contributed by atoms with Gasteiger partial charge in [0.15, 0.2) is 0 Å². The highest BCUT2D eigenvalue weighted by atomic mass is 79.9. The molecule has 2 rings (SSSR count). The van der Waals surface area contributed by atoms with E-state index in [4.69, 9.17) is 5.11 Å². The van der Waals surface area contributed by atoms with Gasteiger partial charge in [-0.1, -0.05) is 47.1 Å². The molecule has 2 aromatic rings. The van der Waals surface area contributed by atoms with Crippen LogP contribution in [0.25, 0.3) is 10.8 Å². The summed E-state index contributed by atoms with van der Waals surface area (Å²) in [6.45, 7) is 2.46. The summed E-state index contributed by atoms with van der Waals surface area (Å²) in [4.78, 5) is 0. The highest BCUT2D eigenvalue weighted by molar-refractivity contribution is 9.10. The van der Waals surface area contributed by atoms with Crippen molar-refractivity contribution in [3.05, 3.63) is 46.4 Å². The number of aliphatic hydroxyl groups is 1. The maximum absolute atomic E-state index is 8.91. The maximum atomic E-state index is 8.91. The van der Waals surface area contributed by atoms with Crippen LogP contribution in [0.4, 0.5) is 0 Å². The van der Waals surface area contributed by atoms with Crippen LogP contribution in [0.15, 0.2) is 40.9 Å². The van der Waals surface area contributed by atoms with Crippen molar-refractivity contribution < 1.29 is 5.11 Å². The van der Waals surface area contributed by atoms with Gasteiger partial charge in [-0.2, -0.15) is 0 Å². The smallest absolute Gasteiger partial charge is 0.0433 e. The van der Waals surface area contributed by atoms with Gasteiger partial charge in [0.25, 0.3) is 0 Å². The molecule has 0 aliphatic heterocycles. The van der Waals surface area contributed by atoms with Gasteiger partial charge in [0.2, 0.25) is 0 Å². The predicted octanol–water partition coefficient (Wildman–Crippen LogP) is 4.16. The lowest BCUT2D eigenvalue weighted by Gasteiger charge is -2.10. The average molecular weight is 293 g/mol. The summed E-state index contributed by atoms with van der Waals surface area (Å²) in [5.74, 6) is 0.535. The minimum atomic E-state index is 0.279. The van der Waals surface area contributed by atoms with E-state index in [1.165, 1.54) is 16.3 Å². The van der Waals surface area contributed by atoms with Crippen LogP contribution >= 0.6 is 15.9 Å². The van der Waals surface area contributed by atoms with E-state index >= 15 is 0 Å². The Kier molecular flexibility index (Phi) is 4.19. The first kappa shape index (κ1) is 12.6. The molecule has 1 N–H and O–H groups in total. The number of hydrogen-bond donors (Lipinski definition) is 1. The lowest BCUT2D eigenvalue weighted by Crippen LogP contribution is -2.02. The first-order valence-electron chi connectivity index (χ1n) is 5.98. The van der Waals surface area contributed by atoms with Gasteiger partial charge in [-0.15, -0.1) is 0 Å². The summed E-state index contributed by atoms with van der Waals surface area (Å²) in [6, 6.07) is 12.9. The highest BCUT2D eigenvalue weighted by Gasteiger charge is 2.04. The van der Waals surface area contributed by atoms with Crippen LogP contribution in [0.3, 0.4) is 0 Å². The topological polar surface area (TPSA) is 20.2 Å². The Hall–Kier alpha value is -0.860. The second-order valence-corrected chi connectivity index (χ2v) is 5.56. The number of aliphatic hydroxyl groups excluding tert-OH is 1. The molecule has 2 aromatic carbocycles. The van der Waals surface area contributed by atoms with E-state index in [1.54, 1.807) is 0 Å². The van der Waals surface area contributed by atoms with Crippen LogP contribution in [0.1, 0.15) is 18.9 Å². The van der Waals surface area contributed by atoms with Crippen molar-refractivity contribution in [2.45, 2.75) is 19.8 Å². The fourth-order valence-corrected chi connectivity index (χ4v) is 2.50. The van der Waals surface area contributed by atoms with E-state index < -0.39 is 0 Å². The fourth-order valence-electron chi connectivity index (χ4n) is 2.12. The molecule has 17 heavy (non-hydrogen) atoms. The van der Waals surface area contributed by atoms with Crippen LogP contribution < -0.4 is 0 Å². The SMILES string of the molecule is CC(CCO)Cc1ccc2cc(Br)ccc2c1. The van der Waals surface area contributed by atoms with Crippen molar-refractivity contribution in [3.63, 3.8) is 0 Å². The van der Waals surface area contributed by atoms with E-state index in [-0.39, 0.29) is 6.61 Å². The Balaban J connectivity index is 2.23. The molecule has 0 aromatic heterocycles. The molecule has 0 fully saturated rings. The number of rotatable bonds is 4. The van der Waals surface area contributed by atoms with E-state index in [0.717, 1.165) is 17.3 Å². The van der Waals surface area contributed by atoms with Crippen molar-refractivity contribution in [3.8, 4) is 0 Å². The monoisotopic (exact) mass is 292 g/mol. The highest BCUT2D eigenvalue weighted by Crippen LogP contribution is 2.22. The molecule has 0 aliphatic carbocycles. The van der Waals surface area contributed by atoms with Gasteiger partial charge < -0.3 is 5.11 Å². The molecular weight excluding hydrogens is 276 g/mol. The Labute approximate surface area is 111 Å². The molecule has 0 aliphatic rings. The first-order valence-corrected chi connectivity index (χ1v) is 6.77. The number of fused-ring (bicyclic) bond motifs is 1. The fraction of sp³-hybridized carbons (Fsp3) is 0.333. The van der Waals surface area contributed by atoms with Gasteiger partial charge in [-0.05, 0) is 47.2 Å². The third-order valence-electron chi connectivity index (χ3n) is 3.07. The molecule has 2 heteroatoms.